The zero-order valence-corrected chi connectivity index (χ0v) is 14.2. The van der Waals surface area contributed by atoms with Crippen molar-refractivity contribution in [2.45, 2.75) is 13.1 Å². The van der Waals surface area contributed by atoms with Gasteiger partial charge >= 0.3 is 11.9 Å². The zero-order valence-electron chi connectivity index (χ0n) is 12.7. The fraction of sp³-hybridized carbons (Fsp3) is 0.125. The summed E-state index contributed by atoms with van der Waals surface area (Å²) in [6.45, 7) is -0.0599. The van der Waals surface area contributed by atoms with Crippen LogP contribution in [0, 0.1) is 10.1 Å². The minimum Gasteiger partial charge on any atom is -0.474 e. The molecule has 0 atom stereocenters. The van der Waals surface area contributed by atoms with Crippen molar-refractivity contribution in [1.82, 2.24) is 4.90 Å². The highest BCUT2D eigenvalue weighted by atomic mass is 35.5. The lowest BCUT2D eigenvalue weighted by Gasteiger charge is -2.21. The molecule has 0 unspecified atom stereocenters. The summed E-state index contributed by atoms with van der Waals surface area (Å²) in [7, 11) is 0. The van der Waals surface area contributed by atoms with Crippen molar-refractivity contribution in [3.8, 4) is 0 Å². The topological polar surface area (TPSA) is 101 Å². The molecule has 0 heterocycles. The molecule has 0 aliphatic rings. The number of nitro groups is 1. The second-order valence-electron chi connectivity index (χ2n) is 5.17. The van der Waals surface area contributed by atoms with Crippen LogP contribution in [0.4, 0.5) is 5.69 Å². The number of carboxylic acids is 1. The third-order valence-electron chi connectivity index (χ3n) is 3.29. The summed E-state index contributed by atoms with van der Waals surface area (Å²) in [5, 5.41) is 20.4. The van der Waals surface area contributed by atoms with Crippen molar-refractivity contribution >= 4 is 40.8 Å². The molecule has 1 N–H and O–H groups in total. The molecule has 0 bridgehead atoms. The van der Waals surface area contributed by atoms with Gasteiger partial charge in [0.1, 0.15) is 0 Å². The molecule has 0 fully saturated rings. The number of hydrogen-bond donors (Lipinski definition) is 1. The number of benzene rings is 2. The Labute approximate surface area is 152 Å². The van der Waals surface area contributed by atoms with Gasteiger partial charge in [0.2, 0.25) is 0 Å². The van der Waals surface area contributed by atoms with Crippen LogP contribution in [0.25, 0.3) is 0 Å². The Morgan fingerprint density at radius 3 is 2.00 bits per heavy atom. The fourth-order valence-electron chi connectivity index (χ4n) is 2.20. The van der Waals surface area contributed by atoms with Gasteiger partial charge in [0, 0.05) is 35.3 Å². The van der Waals surface area contributed by atoms with Crippen molar-refractivity contribution in [2.24, 2.45) is 0 Å². The highest BCUT2D eigenvalue weighted by Crippen LogP contribution is 2.21. The molecular weight excluding hydrogens is 371 g/mol. The third-order valence-corrected chi connectivity index (χ3v) is 3.72. The van der Waals surface area contributed by atoms with Crippen LogP contribution >= 0.6 is 23.2 Å². The molecule has 0 spiro atoms. The van der Waals surface area contributed by atoms with Crippen LogP contribution in [-0.2, 0) is 22.7 Å². The van der Waals surface area contributed by atoms with Crippen molar-refractivity contribution in [3.05, 3.63) is 73.8 Å². The zero-order chi connectivity index (χ0) is 18.6. The van der Waals surface area contributed by atoms with E-state index in [-0.39, 0.29) is 18.8 Å². The molecule has 0 aliphatic heterocycles. The Morgan fingerprint density at radius 1 is 1.00 bits per heavy atom. The second kappa shape index (κ2) is 7.96. The molecule has 9 heteroatoms. The molecule has 7 nitrogen and oxygen atoms in total. The molecule has 0 saturated heterocycles. The molecular formula is C16H12Cl2N2O5. The van der Waals surface area contributed by atoms with E-state index in [4.69, 9.17) is 28.3 Å². The second-order valence-corrected chi connectivity index (χ2v) is 6.04. The first-order valence-corrected chi connectivity index (χ1v) is 7.72. The molecule has 130 valence electrons. The minimum atomic E-state index is -1.60. The number of nitro benzene ring substituents is 1. The van der Waals surface area contributed by atoms with Gasteiger partial charge in [-0.05, 0) is 29.3 Å². The van der Waals surface area contributed by atoms with Gasteiger partial charge in [0.25, 0.3) is 5.69 Å². The third kappa shape index (κ3) is 5.17. The Balaban J connectivity index is 2.25. The summed E-state index contributed by atoms with van der Waals surface area (Å²) in [6.07, 6.45) is 0. The number of amides is 1. The summed E-state index contributed by atoms with van der Waals surface area (Å²) in [5.74, 6) is -2.70. The number of halogens is 2. The first-order valence-electron chi connectivity index (χ1n) is 6.97. The number of aliphatic carboxylic acids is 1. The Kier molecular flexibility index (Phi) is 5.95. The number of nitrogens with zero attached hydrogens (tertiary/aromatic N) is 2. The van der Waals surface area contributed by atoms with Crippen LogP contribution in [-0.4, -0.2) is 26.8 Å². The van der Waals surface area contributed by atoms with Gasteiger partial charge in [0.15, 0.2) is 0 Å². The van der Waals surface area contributed by atoms with E-state index < -0.39 is 16.8 Å². The number of carbonyl (C=O) groups excluding carboxylic acids is 1. The highest BCUT2D eigenvalue weighted by molar-refractivity contribution is 6.34. The predicted molar refractivity (Wildman–Crippen MR) is 91.4 cm³/mol. The molecule has 25 heavy (non-hydrogen) atoms. The number of rotatable bonds is 5. The van der Waals surface area contributed by atoms with Gasteiger partial charge < -0.3 is 10.0 Å². The molecule has 2 aromatic carbocycles. The average Bonchev–Trinajstić information content (AvgIpc) is 2.53. The van der Waals surface area contributed by atoms with E-state index in [0.717, 1.165) is 4.90 Å². The first kappa shape index (κ1) is 18.7. The Morgan fingerprint density at radius 2 is 1.52 bits per heavy atom. The summed E-state index contributed by atoms with van der Waals surface area (Å²) in [5.41, 5.74) is 1.02. The smallest absolute Gasteiger partial charge is 0.394 e. The standard InChI is InChI=1S/C16H12Cl2N2O5/c17-12-5-11(6-13(18)7-12)9-19(15(21)16(22)23)8-10-1-3-14(4-2-10)20(24)25/h1-7H,8-9H2,(H,22,23). The monoisotopic (exact) mass is 382 g/mol. The van der Waals surface area contributed by atoms with Crippen molar-refractivity contribution in [2.75, 3.05) is 0 Å². The van der Waals surface area contributed by atoms with Crippen LogP contribution in [0.3, 0.4) is 0 Å². The molecule has 0 aromatic heterocycles. The Bertz CT molecular complexity index is 804. The van der Waals surface area contributed by atoms with Crippen LogP contribution in [0.5, 0.6) is 0 Å². The van der Waals surface area contributed by atoms with Crippen molar-refractivity contribution in [1.29, 1.82) is 0 Å². The molecule has 2 rings (SSSR count). The fourth-order valence-corrected chi connectivity index (χ4v) is 2.77. The summed E-state index contributed by atoms with van der Waals surface area (Å²) in [6, 6.07) is 10.2. The molecule has 0 saturated carbocycles. The quantitative estimate of drug-likeness (QED) is 0.484. The van der Waals surface area contributed by atoms with E-state index in [1.165, 1.54) is 30.3 Å². The largest absolute Gasteiger partial charge is 0.474 e. The Hall–Kier alpha value is -2.64. The van der Waals surface area contributed by atoms with Crippen molar-refractivity contribution in [3.63, 3.8) is 0 Å². The van der Waals surface area contributed by atoms with E-state index in [2.05, 4.69) is 0 Å². The van der Waals surface area contributed by atoms with E-state index in [1.54, 1.807) is 12.1 Å². The van der Waals surface area contributed by atoms with E-state index >= 15 is 0 Å². The lowest BCUT2D eigenvalue weighted by molar-refractivity contribution is -0.384. The van der Waals surface area contributed by atoms with Crippen molar-refractivity contribution < 1.29 is 19.6 Å². The first-order chi connectivity index (χ1) is 11.8. The maximum atomic E-state index is 11.9. The lowest BCUT2D eigenvalue weighted by Crippen LogP contribution is -2.35. The van der Waals surface area contributed by atoms with E-state index in [0.29, 0.717) is 21.2 Å². The number of carbonyl (C=O) groups is 2. The van der Waals surface area contributed by atoms with E-state index in [1.807, 2.05) is 0 Å². The summed E-state index contributed by atoms with van der Waals surface area (Å²) < 4.78 is 0. The maximum absolute atomic E-state index is 11.9. The number of hydrogen-bond acceptors (Lipinski definition) is 4. The lowest BCUT2D eigenvalue weighted by atomic mass is 10.1. The minimum absolute atomic E-state index is 0.0254. The normalized spacial score (nSPS) is 10.3. The van der Waals surface area contributed by atoms with Gasteiger partial charge in [-0.15, -0.1) is 0 Å². The number of carboxylic acid groups (broad SMARTS) is 1. The maximum Gasteiger partial charge on any atom is 0.394 e. The molecule has 1 amide bonds. The SMILES string of the molecule is O=C(O)C(=O)N(Cc1ccc([N+](=O)[O-])cc1)Cc1cc(Cl)cc(Cl)c1. The van der Waals surface area contributed by atoms with Gasteiger partial charge in [-0.25, -0.2) is 4.79 Å². The molecule has 0 radical (unpaired) electrons. The van der Waals surface area contributed by atoms with Gasteiger partial charge in [-0.2, -0.15) is 0 Å². The van der Waals surface area contributed by atoms with E-state index in [9.17, 15) is 19.7 Å². The summed E-state index contributed by atoms with van der Waals surface area (Å²) in [4.78, 5) is 34.2. The summed E-state index contributed by atoms with van der Waals surface area (Å²) >= 11 is 11.8. The molecule has 2 aromatic rings. The molecule has 0 aliphatic carbocycles. The predicted octanol–water partition coefficient (Wildman–Crippen LogP) is 3.52. The number of non-ortho nitro benzene ring substituents is 1. The average molecular weight is 383 g/mol. The van der Waals surface area contributed by atoms with Crippen LogP contribution in [0.1, 0.15) is 11.1 Å². The van der Waals surface area contributed by atoms with Gasteiger partial charge in [-0.1, -0.05) is 35.3 Å². The van der Waals surface area contributed by atoms with Gasteiger partial charge in [-0.3, -0.25) is 14.9 Å². The highest BCUT2D eigenvalue weighted by Gasteiger charge is 2.22. The van der Waals surface area contributed by atoms with Crippen LogP contribution < -0.4 is 0 Å². The van der Waals surface area contributed by atoms with Gasteiger partial charge in [0.05, 0.1) is 4.92 Å². The van der Waals surface area contributed by atoms with Crippen LogP contribution in [0.15, 0.2) is 42.5 Å². The van der Waals surface area contributed by atoms with Crippen LogP contribution in [0.2, 0.25) is 10.0 Å².